The van der Waals surface area contributed by atoms with Crippen LogP contribution in [-0.2, 0) is 10.1 Å². The Morgan fingerprint density at radius 1 is 0.741 bits per heavy atom. The Bertz CT molecular complexity index is 522. The van der Waals surface area contributed by atoms with Crippen molar-refractivity contribution in [2.75, 3.05) is 14.1 Å². The maximum atomic E-state index is 13.2. The minimum Gasteiger partial charge on any atom is -0.743 e. The molecule has 0 aliphatic carbocycles. The number of alkyl halides is 9. The van der Waals surface area contributed by atoms with Crippen LogP contribution in [0, 0.1) is 0 Å². The summed E-state index contributed by atoms with van der Waals surface area (Å²) < 4.78 is 144. The second-order valence-electron chi connectivity index (χ2n) is 5.71. The fraction of sp³-hybridized carbons (Fsp3) is 1.00. The fourth-order valence-electron chi connectivity index (χ4n) is 1.73. The van der Waals surface area contributed by atoms with E-state index in [0.717, 1.165) is 0 Å². The molecule has 0 amide bonds. The van der Waals surface area contributed by atoms with Gasteiger partial charge in [-0.3, -0.25) is 0 Å². The summed E-state index contributed by atoms with van der Waals surface area (Å²) in [5, 5.41) is -4.49. The van der Waals surface area contributed by atoms with Gasteiger partial charge in [-0.05, 0) is 12.8 Å². The molecule has 0 saturated heterocycles. The van der Waals surface area contributed by atoms with Crippen molar-refractivity contribution in [1.29, 1.82) is 0 Å². The van der Waals surface area contributed by atoms with Gasteiger partial charge >= 0.3 is 23.3 Å². The average molecular weight is 443 g/mol. The van der Waals surface area contributed by atoms with Crippen molar-refractivity contribution in [3.63, 3.8) is 0 Å². The predicted molar refractivity (Wildman–Crippen MR) is 76.7 cm³/mol. The average Bonchev–Trinajstić information content (AvgIpc) is 2.44. The van der Waals surface area contributed by atoms with Crippen molar-refractivity contribution in [2.24, 2.45) is 0 Å². The zero-order valence-electron chi connectivity index (χ0n) is 14.6. The first kappa shape index (κ1) is 28.4. The van der Waals surface area contributed by atoms with Gasteiger partial charge in [0.15, 0.2) is 10.1 Å². The summed E-state index contributed by atoms with van der Waals surface area (Å²) in [5.41, 5.74) is 0. The molecule has 0 fully saturated rings. The fourth-order valence-corrected chi connectivity index (χ4v) is 2.19. The van der Waals surface area contributed by atoms with Crippen LogP contribution in [0.2, 0.25) is 0 Å². The molecule has 0 heterocycles. The molecule has 0 aliphatic heterocycles. The smallest absolute Gasteiger partial charge is 0.402 e. The highest BCUT2D eigenvalue weighted by atomic mass is 32.2. The van der Waals surface area contributed by atoms with E-state index >= 15 is 0 Å². The molecule has 0 aliphatic rings. The standard InChI is InChI=1S/C11H15F9O3S.C2H7N/c12-8(13,10(17,18)11(19,20)24(21,22)23)6-4-2-1-3-5-7-9(14,15)16;1-3-2/h1-7H2,(H,21,22,23);3H,1-2H3. The summed E-state index contributed by atoms with van der Waals surface area (Å²) in [6.07, 6.45) is -8.71. The Morgan fingerprint density at radius 3 is 1.41 bits per heavy atom. The first-order chi connectivity index (χ1) is 11.9. The van der Waals surface area contributed by atoms with Gasteiger partial charge in [0.25, 0.3) is 0 Å². The number of rotatable bonds is 10. The summed E-state index contributed by atoms with van der Waals surface area (Å²) in [6, 6.07) is 0. The molecule has 27 heavy (non-hydrogen) atoms. The van der Waals surface area contributed by atoms with Crippen molar-refractivity contribution >= 4 is 10.1 Å². The second kappa shape index (κ2) is 10.7. The van der Waals surface area contributed by atoms with E-state index in [1.54, 1.807) is 0 Å². The number of hydrogen-bond donors (Lipinski definition) is 1. The lowest BCUT2D eigenvalue weighted by Crippen LogP contribution is -2.74. The second-order valence-corrected chi connectivity index (χ2v) is 7.13. The zero-order chi connectivity index (χ0) is 22.2. The molecular formula is C13H22F9NO3S. The first-order valence-corrected chi connectivity index (χ1v) is 9.18. The molecule has 0 aromatic carbocycles. The Balaban J connectivity index is 0. The predicted octanol–water partition coefficient (Wildman–Crippen LogP) is 3.50. The summed E-state index contributed by atoms with van der Waals surface area (Å²) >= 11 is 0. The number of unbranched alkanes of at least 4 members (excludes halogenated alkanes) is 4. The molecule has 0 atom stereocenters. The summed E-state index contributed by atoms with van der Waals surface area (Å²) in [7, 11) is -3.02. The van der Waals surface area contributed by atoms with Gasteiger partial charge in [0, 0.05) is 12.8 Å². The Morgan fingerprint density at radius 2 is 1.07 bits per heavy atom. The number of halogens is 9. The maximum Gasteiger partial charge on any atom is 0.402 e. The zero-order valence-corrected chi connectivity index (χ0v) is 15.4. The monoisotopic (exact) mass is 443 g/mol. The van der Waals surface area contributed by atoms with Crippen molar-refractivity contribution in [1.82, 2.24) is 0 Å². The van der Waals surface area contributed by atoms with Crippen LogP contribution < -0.4 is 5.32 Å². The minimum absolute atomic E-state index is 0.0338. The van der Waals surface area contributed by atoms with E-state index in [1.165, 1.54) is 0 Å². The normalized spacial score (nSPS) is 13.9. The molecule has 166 valence electrons. The highest BCUT2D eigenvalue weighted by molar-refractivity contribution is 7.86. The number of nitrogens with two attached hydrogens (primary N) is 1. The van der Waals surface area contributed by atoms with Crippen LogP contribution in [0.1, 0.15) is 44.9 Å². The van der Waals surface area contributed by atoms with E-state index < -0.39 is 52.7 Å². The molecule has 4 nitrogen and oxygen atoms in total. The molecule has 0 bridgehead atoms. The van der Waals surface area contributed by atoms with Crippen LogP contribution in [0.4, 0.5) is 39.5 Å². The van der Waals surface area contributed by atoms with Gasteiger partial charge in [0.2, 0.25) is 0 Å². The largest absolute Gasteiger partial charge is 0.743 e. The van der Waals surface area contributed by atoms with Crippen LogP contribution in [0.15, 0.2) is 0 Å². The molecule has 0 rings (SSSR count). The van der Waals surface area contributed by atoms with E-state index in [0.29, 0.717) is 0 Å². The van der Waals surface area contributed by atoms with E-state index in [4.69, 9.17) is 0 Å². The van der Waals surface area contributed by atoms with Gasteiger partial charge in [0.1, 0.15) is 0 Å². The maximum absolute atomic E-state index is 13.2. The molecule has 14 heteroatoms. The SMILES string of the molecule is C[NH2+]C.O=S(=O)([O-])C(F)(F)C(F)(F)C(F)(F)CCCCCCCC(F)(F)F. The highest BCUT2D eigenvalue weighted by Gasteiger charge is 2.74. The molecule has 2 N–H and O–H groups in total. The van der Waals surface area contributed by atoms with Gasteiger partial charge in [-0.25, -0.2) is 8.42 Å². The van der Waals surface area contributed by atoms with Crippen molar-refractivity contribution < 1.29 is 57.8 Å². The minimum atomic E-state index is -7.02. The molecule has 0 aromatic heterocycles. The third kappa shape index (κ3) is 9.32. The van der Waals surface area contributed by atoms with Crippen LogP contribution in [0.5, 0.6) is 0 Å². The van der Waals surface area contributed by atoms with E-state index in [2.05, 4.69) is 0 Å². The third-order valence-corrected chi connectivity index (χ3v) is 3.97. The first-order valence-electron chi connectivity index (χ1n) is 7.77. The quantitative estimate of drug-likeness (QED) is 0.319. The summed E-state index contributed by atoms with van der Waals surface area (Å²) in [5.74, 6) is -11.9. The number of quaternary nitrogens is 1. The van der Waals surface area contributed by atoms with E-state index in [-0.39, 0.29) is 25.7 Å². The van der Waals surface area contributed by atoms with Crippen molar-refractivity contribution in [3.05, 3.63) is 0 Å². The Hall–Kier alpha value is -0.760. The van der Waals surface area contributed by atoms with Gasteiger partial charge in [0.05, 0.1) is 14.1 Å². The van der Waals surface area contributed by atoms with Gasteiger partial charge in [-0.15, -0.1) is 0 Å². The highest BCUT2D eigenvalue weighted by Crippen LogP contribution is 2.50. The van der Waals surface area contributed by atoms with Crippen LogP contribution in [0.25, 0.3) is 0 Å². The van der Waals surface area contributed by atoms with E-state index in [9.17, 15) is 52.5 Å². The lowest BCUT2D eigenvalue weighted by molar-refractivity contribution is -0.597. The van der Waals surface area contributed by atoms with Gasteiger partial charge in [-0.1, -0.05) is 19.3 Å². The van der Waals surface area contributed by atoms with Crippen LogP contribution in [0.3, 0.4) is 0 Å². The lowest BCUT2D eigenvalue weighted by atomic mass is 10.0. The Labute approximate surface area is 151 Å². The van der Waals surface area contributed by atoms with Crippen LogP contribution in [-0.4, -0.2) is 50.3 Å². The molecule has 0 saturated carbocycles. The summed E-state index contributed by atoms with van der Waals surface area (Å²) in [6.45, 7) is 0. The van der Waals surface area contributed by atoms with Gasteiger partial charge in [-0.2, -0.15) is 39.5 Å². The molecule has 0 spiro atoms. The topological polar surface area (TPSA) is 73.8 Å². The Kier molecular flexibility index (Phi) is 11.3. The molecule has 0 radical (unpaired) electrons. The summed E-state index contributed by atoms with van der Waals surface area (Å²) in [4.78, 5) is 0. The van der Waals surface area contributed by atoms with Crippen LogP contribution >= 0.6 is 0 Å². The number of hydrogen-bond acceptors (Lipinski definition) is 3. The van der Waals surface area contributed by atoms with Crippen molar-refractivity contribution in [3.8, 4) is 0 Å². The molecule has 0 unspecified atom stereocenters. The third-order valence-electron chi connectivity index (χ3n) is 3.09. The lowest BCUT2D eigenvalue weighted by Gasteiger charge is -2.33. The molecular weight excluding hydrogens is 421 g/mol. The molecule has 0 aromatic rings. The van der Waals surface area contributed by atoms with Crippen molar-refractivity contribution in [2.45, 2.75) is 68.2 Å². The van der Waals surface area contributed by atoms with E-state index in [1.807, 2.05) is 19.4 Å². The van der Waals surface area contributed by atoms with Gasteiger partial charge < -0.3 is 9.87 Å².